The second-order valence-electron chi connectivity index (χ2n) is 2.49. The fourth-order valence-electron chi connectivity index (χ4n) is 0.941. The standard InChI is InChI=1S/C8H4Cl2N2O2/c9-6-4-7(10)8(12(13)14)3-5(6)1-2-11/h3-4H,1H2. The van der Waals surface area contributed by atoms with Crippen molar-refractivity contribution in [3.8, 4) is 6.07 Å². The predicted octanol–water partition coefficient (Wildman–Crippen LogP) is 2.97. The second kappa shape index (κ2) is 4.27. The maximum atomic E-state index is 10.5. The first-order chi connectivity index (χ1) is 6.56. The van der Waals surface area contributed by atoms with Gasteiger partial charge in [-0.1, -0.05) is 23.2 Å². The average molecular weight is 231 g/mol. The van der Waals surface area contributed by atoms with Crippen LogP contribution >= 0.6 is 23.2 Å². The lowest BCUT2D eigenvalue weighted by Crippen LogP contribution is -1.92. The number of rotatable bonds is 2. The van der Waals surface area contributed by atoms with E-state index in [4.69, 9.17) is 28.5 Å². The molecule has 14 heavy (non-hydrogen) atoms. The molecule has 0 aliphatic heterocycles. The first-order valence-corrected chi connectivity index (χ1v) is 4.31. The van der Waals surface area contributed by atoms with Crippen LogP contribution in [0.25, 0.3) is 0 Å². The van der Waals surface area contributed by atoms with Gasteiger partial charge in [0.2, 0.25) is 0 Å². The maximum absolute atomic E-state index is 10.5. The molecule has 0 radical (unpaired) electrons. The molecule has 0 bridgehead atoms. The highest BCUT2D eigenvalue weighted by Gasteiger charge is 2.15. The van der Waals surface area contributed by atoms with Crippen molar-refractivity contribution in [2.75, 3.05) is 0 Å². The van der Waals surface area contributed by atoms with Crippen molar-refractivity contribution in [2.45, 2.75) is 6.42 Å². The molecule has 0 aliphatic carbocycles. The topological polar surface area (TPSA) is 66.9 Å². The van der Waals surface area contributed by atoms with Crippen molar-refractivity contribution < 1.29 is 4.92 Å². The van der Waals surface area contributed by atoms with Crippen LogP contribution in [0.2, 0.25) is 10.0 Å². The van der Waals surface area contributed by atoms with E-state index in [1.807, 2.05) is 6.07 Å². The number of nitro benzene ring substituents is 1. The van der Waals surface area contributed by atoms with E-state index in [2.05, 4.69) is 0 Å². The third-order valence-electron chi connectivity index (χ3n) is 1.58. The lowest BCUT2D eigenvalue weighted by atomic mass is 10.1. The van der Waals surface area contributed by atoms with Crippen LogP contribution in [0.5, 0.6) is 0 Å². The van der Waals surface area contributed by atoms with Gasteiger partial charge in [-0.05, 0) is 11.6 Å². The second-order valence-corrected chi connectivity index (χ2v) is 3.30. The van der Waals surface area contributed by atoms with Gasteiger partial charge in [0, 0.05) is 11.1 Å². The molecule has 1 rings (SSSR count). The molecule has 0 amide bonds. The Balaban J connectivity index is 3.28. The van der Waals surface area contributed by atoms with Gasteiger partial charge in [-0.15, -0.1) is 0 Å². The summed E-state index contributed by atoms with van der Waals surface area (Å²) in [6.45, 7) is 0. The zero-order valence-corrected chi connectivity index (χ0v) is 8.34. The van der Waals surface area contributed by atoms with Gasteiger partial charge in [0.15, 0.2) is 0 Å². The van der Waals surface area contributed by atoms with Crippen molar-refractivity contribution >= 4 is 28.9 Å². The highest BCUT2D eigenvalue weighted by Crippen LogP contribution is 2.30. The van der Waals surface area contributed by atoms with Gasteiger partial charge in [-0.25, -0.2) is 0 Å². The van der Waals surface area contributed by atoms with Gasteiger partial charge in [0.05, 0.1) is 17.4 Å². The summed E-state index contributed by atoms with van der Waals surface area (Å²) in [4.78, 5) is 9.87. The van der Waals surface area contributed by atoms with E-state index in [-0.39, 0.29) is 22.2 Å². The Morgan fingerprint density at radius 2 is 2.07 bits per heavy atom. The number of benzene rings is 1. The summed E-state index contributed by atoms with van der Waals surface area (Å²) < 4.78 is 0. The summed E-state index contributed by atoms with van der Waals surface area (Å²) in [5.74, 6) is 0. The number of hydrogen-bond acceptors (Lipinski definition) is 3. The zero-order chi connectivity index (χ0) is 10.7. The molecule has 0 atom stereocenters. The van der Waals surface area contributed by atoms with E-state index >= 15 is 0 Å². The minimum atomic E-state index is -0.612. The number of nitrogens with zero attached hydrogens (tertiary/aromatic N) is 2. The van der Waals surface area contributed by atoms with E-state index in [1.54, 1.807) is 0 Å². The molecule has 0 spiro atoms. The summed E-state index contributed by atoms with van der Waals surface area (Å²) in [6.07, 6.45) is 0.0246. The average Bonchev–Trinajstić information content (AvgIpc) is 2.09. The Morgan fingerprint density at radius 1 is 1.43 bits per heavy atom. The summed E-state index contributed by atoms with van der Waals surface area (Å²) in [5, 5.41) is 19.2. The fraction of sp³-hybridized carbons (Fsp3) is 0.125. The molecular weight excluding hydrogens is 227 g/mol. The van der Waals surface area contributed by atoms with E-state index in [0.717, 1.165) is 0 Å². The van der Waals surface area contributed by atoms with Gasteiger partial charge >= 0.3 is 0 Å². The quantitative estimate of drug-likeness (QED) is 0.580. The highest BCUT2D eigenvalue weighted by molar-refractivity contribution is 6.36. The first-order valence-electron chi connectivity index (χ1n) is 3.55. The summed E-state index contributed by atoms with van der Waals surface area (Å²) >= 11 is 11.3. The number of nitro groups is 1. The smallest absolute Gasteiger partial charge is 0.258 e. The SMILES string of the molecule is N#CCc1cc([N+](=O)[O-])c(Cl)cc1Cl. The van der Waals surface area contributed by atoms with Crippen LogP contribution in [0, 0.1) is 21.4 Å². The molecule has 72 valence electrons. The maximum Gasteiger partial charge on any atom is 0.288 e. The van der Waals surface area contributed by atoms with Crippen molar-refractivity contribution in [3.05, 3.63) is 37.9 Å². The lowest BCUT2D eigenvalue weighted by molar-refractivity contribution is -0.384. The Kier molecular flexibility index (Phi) is 3.28. The minimum Gasteiger partial charge on any atom is -0.258 e. The normalized spacial score (nSPS) is 9.50. The van der Waals surface area contributed by atoms with Crippen molar-refractivity contribution in [2.24, 2.45) is 0 Å². The fourth-order valence-corrected chi connectivity index (χ4v) is 1.46. The summed E-state index contributed by atoms with van der Waals surface area (Å²) in [5.41, 5.74) is 0.173. The van der Waals surface area contributed by atoms with Crippen LogP contribution in [-0.4, -0.2) is 4.92 Å². The molecule has 6 heteroatoms. The highest BCUT2D eigenvalue weighted by atomic mass is 35.5. The van der Waals surface area contributed by atoms with Crippen LogP contribution in [0.3, 0.4) is 0 Å². The van der Waals surface area contributed by atoms with E-state index < -0.39 is 4.92 Å². The molecule has 4 nitrogen and oxygen atoms in total. The lowest BCUT2D eigenvalue weighted by Gasteiger charge is -2.00. The molecule has 0 saturated heterocycles. The Labute approximate surface area is 89.8 Å². The third-order valence-corrected chi connectivity index (χ3v) is 2.24. The van der Waals surface area contributed by atoms with E-state index in [1.165, 1.54) is 12.1 Å². The van der Waals surface area contributed by atoms with Crippen LogP contribution < -0.4 is 0 Å². The summed E-state index contributed by atoms with van der Waals surface area (Å²) in [6, 6.07) is 4.35. The molecule has 1 aromatic carbocycles. The largest absolute Gasteiger partial charge is 0.288 e. The monoisotopic (exact) mass is 230 g/mol. The molecular formula is C8H4Cl2N2O2. The predicted molar refractivity (Wildman–Crippen MR) is 52.4 cm³/mol. The van der Waals surface area contributed by atoms with Crippen molar-refractivity contribution in [1.82, 2.24) is 0 Å². The molecule has 0 saturated carbocycles. The van der Waals surface area contributed by atoms with Crippen LogP contribution in [0.15, 0.2) is 12.1 Å². The number of hydrogen-bond donors (Lipinski definition) is 0. The number of nitriles is 1. The van der Waals surface area contributed by atoms with Crippen LogP contribution in [0.4, 0.5) is 5.69 Å². The first kappa shape index (κ1) is 10.8. The van der Waals surface area contributed by atoms with Crippen molar-refractivity contribution in [3.63, 3.8) is 0 Å². The van der Waals surface area contributed by atoms with Gasteiger partial charge in [0.25, 0.3) is 5.69 Å². The zero-order valence-electron chi connectivity index (χ0n) is 6.83. The third kappa shape index (κ3) is 2.13. The van der Waals surface area contributed by atoms with Gasteiger partial charge in [0.1, 0.15) is 5.02 Å². The van der Waals surface area contributed by atoms with Gasteiger partial charge in [-0.3, -0.25) is 10.1 Å². The number of halogens is 2. The van der Waals surface area contributed by atoms with Gasteiger partial charge in [-0.2, -0.15) is 5.26 Å². The Hall–Kier alpha value is -1.31. The van der Waals surface area contributed by atoms with E-state index in [0.29, 0.717) is 5.56 Å². The molecule has 0 fully saturated rings. The molecule has 0 unspecified atom stereocenters. The van der Waals surface area contributed by atoms with Gasteiger partial charge < -0.3 is 0 Å². The molecule has 1 aromatic rings. The molecule has 0 aliphatic rings. The molecule has 0 N–H and O–H groups in total. The summed E-state index contributed by atoms with van der Waals surface area (Å²) in [7, 11) is 0. The van der Waals surface area contributed by atoms with Crippen LogP contribution in [0.1, 0.15) is 5.56 Å². The Morgan fingerprint density at radius 3 is 2.57 bits per heavy atom. The van der Waals surface area contributed by atoms with E-state index in [9.17, 15) is 10.1 Å². The van der Waals surface area contributed by atoms with Crippen LogP contribution in [-0.2, 0) is 6.42 Å². The minimum absolute atomic E-state index is 0.0246. The molecule has 0 heterocycles. The Bertz CT molecular complexity index is 426. The van der Waals surface area contributed by atoms with Crippen molar-refractivity contribution in [1.29, 1.82) is 5.26 Å². The molecule has 0 aromatic heterocycles.